The summed E-state index contributed by atoms with van der Waals surface area (Å²) < 4.78 is 4.93. The molecule has 0 fully saturated rings. The number of aryl methyl sites for hydroxylation is 1. The first kappa shape index (κ1) is 11.2. The summed E-state index contributed by atoms with van der Waals surface area (Å²) in [6, 6.07) is 0. The zero-order chi connectivity index (χ0) is 10.6. The van der Waals surface area contributed by atoms with Gasteiger partial charge < -0.3 is 4.74 Å². The van der Waals surface area contributed by atoms with Gasteiger partial charge in [-0.05, 0) is 20.3 Å². The first-order valence-electron chi connectivity index (χ1n) is 4.80. The van der Waals surface area contributed by atoms with Crippen LogP contribution in [0.4, 0.5) is 0 Å². The maximum atomic E-state index is 11.4. The van der Waals surface area contributed by atoms with E-state index in [1.165, 1.54) is 11.3 Å². The highest BCUT2D eigenvalue weighted by atomic mass is 32.1. The summed E-state index contributed by atoms with van der Waals surface area (Å²) in [7, 11) is 0. The molecule has 0 amide bonds. The quantitative estimate of drug-likeness (QED) is 0.721. The van der Waals surface area contributed by atoms with Crippen molar-refractivity contribution in [1.82, 2.24) is 4.98 Å². The summed E-state index contributed by atoms with van der Waals surface area (Å²) in [5, 5.41) is 2.84. The lowest BCUT2D eigenvalue weighted by Gasteiger charge is -2.06. The SMILES string of the molecule is CCOC(=O)[C@H](C)c1nc(CC)cs1. The van der Waals surface area contributed by atoms with Gasteiger partial charge in [-0.3, -0.25) is 4.79 Å². The van der Waals surface area contributed by atoms with Crippen molar-refractivity contribution in [1.29, 1.82) is 0 Å². The fourth-order valence-corrected chi connectivity index (χ4v) is 2.00. The van der Waals surface area contributed by atoms with Crippen molar-refractivity contribution in [2.24, 2.45) is 0 Å². The van der Waals surface area contributed by atoms with Crippen LogP contribution in [0.1, 0.15) is 37.4 Å². The van der Waals surface area contributed by atoms with Crippen LogP contribution < -0.4 is 0 Å². The lowest BCUT2D eigenvalue weighted by molar-refractivity contribution is -0.144. The highest BCUT2D eigenvalue weighted by Crippen LogP contribution is 2.21. The Balaban J connectivity index is 2.68. The molecule has 0 spiro atoms. The molecule has 0 aliphatic carbocycles. The third-order valence-electron chi connectivity index (χ3n) is 1.94. The molecule has 1 aromatic rings. The molecule has 0 radical (unpaired) electrons. The molecular formula is C10H15NO2S. The van der Waals surface area contributed by atoms with E-state index in [4.69, 9.17) is 4.74 Å². The molecule has 4 heteroatoms. The van der Waals surface area contributed by atoms with Gasteiger partial charge in [-0.25, -0.2) is 4.98 Å². The molecule has 0 saturated carbocycles. The Morgan fingerprint density at radius 3 is 2.86 bits per heavy atom. The normalized spacial score (nSPS) is 12.5. The molecule has 0 aliphatic heterocycles. The van der Waals surface area contributed by atoms with Crippen molar-refractivity contribution in [3.8, 4) is 0 Å². The predicted molar refractivity (Wildman–Crippen MR) is 56.5 cm³/mol. The van der Waals surface area contributed by atoms with Crippen LogP contribution in [0.5, 0.6) is 0 Å². The van der Waals surface area contributed by atoms with E-state index in [2.05, 4.69) is 4.98 Å². The van der Waals surface area contributed by atoms with Gasteiger partial charge in [0.05, 0.1) is 12.3 Å². The number of esters is 1. The molecule has 1 rings (SSSR count). The van der Waals surface area contributed by atoms with E-state index in [-0.39, 0.29) is 11.9 Å². The zero-order valence-electron chi connectivity index (χ0n) is 8.74. The number of ether oxygens (including phenoxy) is 1. The standard InChI is InChI=1S/C10H15NO2S/c1-4-8-6-14-9(11-8)7(3)10(12)13-5-2/h6-7H,4-5H2,1-3H3/t7-/m1/s1. The molecule has 0 N–H and O–H groups in total. The van der Waals surface area contributed by atoms with Gasteiger partial charge in [0.15, 0.2) is 0 Å². The summed E-state index contributed by atoms with van der Waals surface area (Å²) >= 11 is 1.52. The van der Waals surface area contributed by atoms with Crippen molar-refractivity contribution in [3.05, 3.63) is 16.1 Å². The summed E-state index contributed by atoms with van der Waals surface area (Å²) in [6.07, 6.45) is 0.909. The Labute approximate surface area is 88.1 Å². The second-order valence-corrected chi connectivity index (χ2v) is 3.89. The molecule has 0 saturated heterocycles. The van der Waals surface area contributed by atoms with E-state index < -0.39 is 0 Å². The second kappa shape index (κ2) is 5.10. The summed E-state index contributed by atoms with van der Waals surface area (Å²) in [5.41, 5.74) is 1.04. The van der Waals surface area contributed by atoms with Crippen LogP contribution in [-0.4, -0.2) is 17.6 Å². The van der Waals surface area contributed by atoms with E-state index >= 15 is 0 Å². The van der Waals surface area contributed by atoms with Crippen LogP contribution >= 0.6 is 11.3 Å². The molecule has 0 bridgehead atoms. The lowest BCUT2D eigenvalue weighted by Crippen LogP contribution is -2.12. The molecule has 0 aromatic carbocycles. The van der Waals surface area contributed by atoms with Crippen molar-refractivity contribution >= 4 is 17.3 Å². The van der Waals surface area contributed by atoms with Crippen molar-refractivity contribution in [3.63, 3.8) is 0 Å². The van der Waals surface area contributed by atoms with Crippen LogP contribution in [0.3, 0.4) is 0 Å². The Morgan fingerprint density at radius 2 is 2.36 bits per heavy atom. The Hall–Kier alpha value is -0.900. The van der Waals surface area contributed by atoms with Gasteiger partial charge >= 0.3 is 5.97 Å². The number of thiazole rings is 1. The van der Waals surface area contributed by atoms with E-state index in [0.717, 1.165) is 17.1 Å². The van der Waals surface area contributed by atoms with Crippen LogP contribution in [0, 0.1) is 0 Å². The highest BCUT2D eigenvalue weighted by molar-refractivity contribution is 7.09. The van der Waals surface area contributed by atoms with E-state index in [0.29, 0.717) is 6.61 Å². The van der Waals surface area contributed by atoms with Gasteiger partial charge in [-0.15, -0.1) is 11.3 Å². The van der Waals surface area contributed by atoms with E-state index in [1.807, 2.05) is 26.2 Å². The number of nitrogens with zero attached hydrogens (tertiary/aromatic N) is 1. The van der Waals surface area contributed by atoms with Crippen LogP contribution in [0.25, 0.3) is 0 Å². The Kier molecular flexibility index (Phi) is 4.07. The second-order valence-electron chi connectivity index (χ2n) is 3.00. The topological polar surface area (TPSA) is 39.2 Å². The van der Waals surface area contributed by atoms with Gasteiger partial charge in [-0.1, -0.05) is 6.92 Å². The average Bonchev–Trinajstić information content (AvgIpc) is 2.65. The molecule has 0 unspecified atom stereocenters. The minimum Gasteiger partial charge on any atom is -0.465 e. The lowest BCUT2D eigenvalue weighted by atomic mass is 10.2. The van der Waals surface area contributed by atoms with Gasteiger partial charge in [0.25, 0.3) is 0 Å². The Morgan fingerprint density at radius 1 is 1.64 bits per heavy atom. The summed E-state index contributed by atoms with van der Waals surface area (Å²) in [5.74, 6) is -0.426. The van der Waals surface area contributed by atoms with Gasteiger partial charge in [0, 0.05) is 5.38 Å². The number of hydrogen-bond acceptors (Lipinski definition) is 4. The van der Waals surface area contributed by atoms with Crippen molar-refractivity contribution < 1.29 is 9.53 Å². The maximum Gasteiger partial charge on any atom is 0.315 e. The molecule has 3 nitrogen and oxygen atoms in total. The zero-order valence-corrected chi connectivity index (χ0v) is 9.56. The molecule has 1 aromatic heterocycles. The van der Waals surface area contributed by atoms with Gasteiger partial charge in [0.1, 0.15) is 10.9 Å². The average molecular weight is 213 g/mol. The Bertz CT molecular complexity index is 309. The van der Waals surface area contributed by atoms with Crippen molar-refractivity contribution in [2.45, 2.75) is 33.1 Å². The molecule has 1 heterocycles. The first-order valence-corrected chi connectivity index (χ1v) is 5.67. The highest BCUT2D eigenvalue weighted by Gasteiger charge is 2.19. The molecule has 78 valence electrons. The smallest absolute Gasteiger partial charge is 0.315 e. The molecule has 0 aliphatic rings. The summed E-state index contributed by atoms with van der Waals surface area (Å²) in [4.78, 5) is 15.7. The minimum atomic E-state index is -0.236. The fraction of sp³-hybridized carbons (Fsp3) is 0.600. The first-order chi connectivity index (χ1) is 6.69. The summed E-state index contributed by atoms with van der Waals surface area (Å²) in [6.45, 7) is 6.11. The largest absolute Gasteiger partial charge is 0.465 e. The monoisotopic (exact) mass is 213 g/mol. The molecule has 1 atom stereocenters. The van der Waals surface area contributed by atoms with Crippen molar-refractivity contribution in [2.75, 3.05) is 6.61 Å². The van der Waals surface area contributed by atoms with Gasteiger partial charge in [0.2, 0.25) is 0 Å². The predicted octanol–water partition coefficient (Wildman–Crippen LogP) is 2.37. The van der Waals surface area contributed by atoms with Crippen LogP contribution in [0.15, 0.2) is 5.38 Å². The fourth-order valence-electron chi connectivity index (χ4n) is 1.05. The number of rotatable bonds is 4. The van der Waals surface area contributed by atoms with E-state index in [1.54, 1.807) is 0 Å². The molecular weight excluding hydrogens is 198 g/mol. The van der Waals surface area contributed by atoms with Crippen LogP contribution in [-0.2, 0) is 16.0 Å². The number of carbonyl (C=O) groups is 1. The third kappa shape index (κ3) is 2.54. The minimum absolute atomic E-state index is 0.190. The maximum absolute atomic E-state index is 11.4. The number of carbonyl (C=O) groups excluding carboxylic acids is 1. The van der Waals surface area contributed by atoms with E-state index in [9.17, 15) is 4.79 Å². The van der Waals surface area contributed by atoms with Crippen LogP contribution in [0.2, 0.25) is 0 Å². The molecule has 14 heavy (non-hydrogen) atoms. The van der Waals surface area contributed by atoms with Gasteiger partial charge in [-0.2, -0.15) is 0 Å². The number of aromatic nitrogens is 1. The third-order valence-corrected chi connectivity index (χ3v) is 3.02. The number of hydrogen-bond donors (Lipinski definition) is 0.